The molecule has 1 fully saturated rings. The van der Waals surface area contributed by atoms with E-state index in [0.717, 1.165) is 46.8 Å². The second-order valence-corrected chi connectivity index (χ2v) is 5.66. The number of nitrogens with one attached hydrogen (secondary N) is 1. The van der Waals surface area contributed by atoms with Crippen LogP contribution in [0.15, 0.2) is 22.8 Å². The highest BCUT2D eigenvalue weighted by Crippen LogP contribution is 2.42. The van der Waals surface area contributed by atoms with E-state index in [9.17, 15) is 9.90 Å². The number of hydrogen-bond donors (Lipinski definition) is 2. The Hall–Kier alpha value is -1.36. The molecule has 1 saturated carbocycles. The van der Waals surface area contributed by atoms with E-state index >= 15 is 0 Å². The van der Waals surface area contributed by atoms with Crippen molar-refractivity contribution in [2.75, 3.05) is 0 Å². The van der Waals surface area contributed by atoms with Gasteiger partial charge in [0.25, 0.3) is 0 Å². The number of benzene rings is 1. The maximum atomic E-state index is 11.6. The molecule has 4 nitrogen and oxygen atoms in total. The second-order valence-electron chi connectivity index (χ2n) is 4.86. The van der Waals surface area contributed by atoms with Crippen LogP contribution in [0, 0.1) is 0 Å². The number of aromatic amines is 1. The van der Waals surface area contributed by atoms with Crippen molar-refractivity contribution in [3.05, 3.63) is 28.4 Å². The maximum Gasteiger partial charge on any atom is 0.314 e. The van der Waals surface area contributed by atoms with Crippen LogP contribution in [-0.4, -0.2) is 21.3 Å². The van der Waals surface area contributed by atoms with Crippen molar-refractivity contribution in [3.63, 3.8) is 0 Å². The molecule has 0 atom stereocenters. The van der Waals surface area contributed by atoms with Gasteiger partial charge in [-0.2, -0.15) is 5.10 Å². The molecule has 0 saturated heterocycles. The molecule has 2 aromatic rings. The average molecular weight is 309 g/mol. The van der Waals surface area contributed by atoms with Gasteiger partial charge in [0.1, 0.15) is 4.60 Å². The SMILES string of the molecule is O=C(O)C1(c2ccc3n[nH]c(Br)c3c2)CCCC1. The number of hydrogen-bond acceptors (Lipinski definition) is 2. The summed E-state index contributed by atoms with van der Waals surface area (Å²) in [6, 6.07) is 5.73. The fraction of sp³-hybridized carbons (Fsp3) is 0.385. The van der Waals surface area contributed by atoms with E-state index in [1.807, 2.05) is 18.2 Å². The molecule has 0 unspecified atom stereocenters. The molecule has 0 aliphatic heterocycles. The molecule has 5 heteroatoms. The Kier molecular flexibility index (Phi) is 2.66. The van der Waals surface area contributed by atoms with Crippen LogP contribution in [0.4, 0.5) is 0 Å². The molecule has 0 bridgehead atoms. The number of carboxylic acids is 1. The van der Waals surface area contributed by atoms with Gasteiger partial charge in [-0.05, 0) is 46.5 Å². The standard InChI is InChI=1S/C13H13BrN2O2/c14-11-9-7-8(3-4-10(9)15-16-11)13(12(17)18)5-1-2-6-13/h3-4,7H,1-2,5-6H2,(H,15,16)(H,17,18). The number of H-pyrrole nitrogens is 1. The zero-order chi connectivity index (χ0) is 12.8. The molecule has 1 aromatic heterocycles. The minimum absolute atomic E-state index is 0.703. The van der Waals surface area contributed by atoms with Crippen molar-refractivity contribution in [3.8, 4) is 0 Å². The lowest BCUT2D eigenvalue weighted by Crippen LogP contribution is -2.32. The van der Waals surface area contributed by atoms with Gasteiger partial charge in [0.15, 0.2) is 0 Å². The van der Waals surface area contributed by atoms with Gasteiger partial charge in [-0.3, -0.25) is 9.89 Å². The molecule has 0 amide bonds. The summed E-state index contributed by atoms with van der Waals surface area (Å²) in [5.74, 6) is -0.709. The first kappa shape index (κ1) is 11.7. The Balaban J connectivity index is 2.17. The monoisotopic (exact) mass is 308 g/mol. The average Bonchev–Trinajstić information content (AvgIpc) is 2.97. The molecule has 3 rings (SSSR count). The highest BCUT2D eigenvalue weighted by atomic mass is 79.9. The largest absolute Gasteiger partial charge is 0.481 e. The van der Waals surface area contributed by atoms with Crippen molar-refractivity contribution in [1.29, 1.82) is 0 Å². The molecule has 18 heavy (non-hydrogen) atoms. The highest BCUT2D eigenvalue weighted by Gasteiger charge is 2.42. The van der Waals surface area contributed by atoms with Gasteiger partial charge in [-0.15, -0.1) is 0 Å². The predicted octanol–water partition coefficient (Wildman–Crippen LogP) is 3.22. The van der Waals surface area contributed by atoms with Crippen LogP contribution in [0.2, 0.25) is 0 Å². The number of carbonyl (C=O) groups is 1. The summed E-state index contributed by atoms with van der Waals surface area (Å²) in [6.45, 7) is 0. The normalized spacial score (nSPS) is 18.3. The Morgan fingerprint density at radius 2 is 2.11 bits per heavy atom. The highest BCUT2D eigenvalue weighted by molar-refractivity contribution is 9.10. The summed E-state index contributed by atoms with van der Waals surface area (Å²) in [5, 5.41) is 17.5. The Labute approximate surface area is 113 Å². The van der Waals surface area contributed by atoms with E-state index in [-0.39, 0.29) is 0 Å². The molecule has 1 aliphatic carbocycles. The third kappa shape index (κ3) is 1.57. The van der Waals surface area contributed by atoms with Gasteiger partial charge in [0.05, 0.1) is 10.9 Å². The molecule has 1 heterocycles. The zero-order valence-electron chi connectivity index (χ0n) is 9.74. The number of aliphatic carboxylic acids is 1. The van der Waals surface area contributed by atoms with E-state index in [2.05, 4.69) is 26.1 Å². The summed E-state index contributed by atoms with van der Waals surface area (Å²) in [5.41, 5.74) is 1.04. The molecular formula is C13H13BrN2O2. The number of nitrogens with zero attached hydrogens (tertiary/aromatic N) is 1. The summed E-state index contributed by atoms with van der Waals surface area (Å²) in [6.07, 6.45) is 3.42. The molecular weight excluding hydrogens is 296 g/mol. The fourth-order valence-corrected chi connectivity index (χ4v) is 3.29. The quantitative estimate of drug-likeness (QED) is 0.895. The van der Waals surface area contributed by atoms with E-state index in [1.54, 1.807) is 0 Å². The lowest BCUT2D eigenvalue weighted by Gasteiger charge is -2.24. The predicted molar refractivity (Wildman–Crippen MR) is 71.6 cm³/mol. The first-order chi connectivity index (χ1) is 8.63. The minimum Gasteiger partial charge on any atom is -0.481 e. The van der Waals surface area contributed by atoms with E-state index < -0.39 is 11.4 Å². The van der Waals surface area contributed by atoms with E-state index in [4.69, 9.17) is 0 Å². The van der Waals surface area contributed by atoms with Crippen molar-refractivity contribution in [2.45, 2.75) is 31.1 Å². The minimum atomic E-state index is -0.709. The van der Waals surface area contributed by atoms with Crippen LogP contribution in [0.25, 0.3) is 10.9 Å². The van der Waals surface area contributed by atoms with Crippen LogP contribution in [0.3, 0.4) is 0 Å². The van der Waals surface area contributed by atoms with Crippen LogP contribution in [-0.2, 0) is 10.2 Å². The molecule has 0 radical (unpaired) electrons. The summed E-state index contributed by atoms with van der Waals surface area (Å²) < 4.78 is 0.804. The van der Waals surface area contributed by atoms with Crippen LogP contribution < -0.4 is 0 Å². The first-order valence-electron chi connectivity index (χ1n) is 6.01. The van der Waals surface area contributed by atoms with Gasteiger partial charge in [0, 0.05) is 5.39 Å². The molecule has 0 spiro atoms. The summed E-state index contributed by atoms with van der Waals surface area (Å²) >= 11 is 3.40. The molecule has 94 valence electrons. The van der Waals surface area contributed by atoms with Crippen LogP contribution in [0.5, 0.6) is 0 Å². The van der Waals surface area contributed by atoms with Gasteiger partial charge in [-0.1, -0.05) is 18.9 Å². The maximum absolute atomic E-state index is 11.6. The number of rotatable bonds is 2. The van der Waals surface area contributed by atoms with Gasteiger partial charge >= 0.3 is 5.97 Å². The molecule has 2 N–H and O–H groups in total. The molecule has 1 aliphatic rings. The first-order valence-corrected chi connectivity index (χ1v) is 6.80. The van der Waals surface area contributed by atoms with Crippen molar-refractivity contribution in [1.82, 2.24) is 10.2 Å². The van der Waals surface area contributed by atoms with Crippen molar-refractivity contribution >= 4 is 32.8 Å². The third-order valence-corrected chi connectivity index (χ3v) is 4.53. The van der Waals surface area contributed by atoms with Crippen molar-refractivity contribution in [2.24, 2.45) is 0 Å². The van der Waals surface area contributed by atoms with Gasteiger partial charge in [-0.25, -0.2) is 0 Å². The van der Waals surface area contributed by atoms with Crippen molar-refractivity contribution < 1.29 is 9.90 Å². The summed E-state index contributed by atoms with van der Waals surface area (Å²) in [7, 11) is 0. The third-order valence-electron chi connectivity index (χ3n) is 3.93. The summed E-state index contributed by atoms with van der Waals surface area (Å²) in [4.78, 5) is 11.6. The van der Waals surface area contributed by atoms with Gasteiger partial charge < -0.3 is 5.11 Å². The van der Waals surface area contributed by atoms with Crippen LogP contribution in [0.1, 0.15) is 31.2 Å². The Morgan fingerprint density at radius 1 is 1.39 bits per heavy atom. The number of carboxylic acid groups (broad SMARTS) is 1. The molecule has 1 aromatic carbocycles. The number of halogens is 1. The Bertz CT molecular complexity index is 614. The van der Waals surface area contributed by atoms with E-state index in [0.29, 0.717) is 0 Å². The van der Waals surface area contributed by atoms with Crippen LogP contribution >= 0.6 is 15.9 Å². The second kappa shape index (κ2) is 4.09. The van der Waals surface area contributed by atoms with E-state index in [1.165, 1.54) is 0 Å². The topological polar surface area (TPSA) is 66.0 Å². The van der Waals surface area contributed by atoms with Gasteiger partial charge in [0.2, 0.25) is 0 Å². The zero-order valence-corrected chi connectivity index (χ0v) is 11.3. The Morgan fingerprint density at radius 3 is 2.78 bits per heavy atom. The number of fused-ring (bicyclic) bond motifs is 1. The number of aromatic nitrogens is 2. The fourth-order valence-electron chi connectivity index (χ4n) is 2.88. The lowest BCUT2D eigenvalue weighted by molar-refractivity contribution is -0.143. The lowest BCUT2D eigenvalue weighted by atomic mass is 9.78. The smallest absolute Gasteiger partial charge is 0.314 e.